The van der Waals surface area contributed by atoms with Gasteiger partial charge < -0.3 is 4.90 Å². The summed E-state index contributed by atoms with van der Waals surface area (Å²) in [6.07, 6.45) is 2.35. The van der Waals surface area contributed by atoms with Gasteiger partial charge in [0, 0.05) is 13.1 Å². The molecule has 1 fully saturated rings. The molecule has 0 spiro atoms. The first-order chi connectivity index (χ1) is 9.58. The van der Waals surface area contributed by atoms with Crippen molar-refractivity contribution in [2.45, 2.75) is 19.4 Å². The van der Waals surface area contributed by atoms with E-state index in [2.05, 4.69) is 30.0 Å². The van der Waals surface area contributed by atoms with Crippen molar-refractivity contribution in [2.75, 3.05) is 33.7 Å². The lowest BCUT2D eigenvalue weighted by Gasteiger charge is -2.33. The zero-order valence-corrected chi connectivity index (χ0v) is 12.3. The first-order valence-corrected chi connectivity index (χ1v) is 7.14. The van der Waals surface area contributed by atoms with Crippen molar-refractivity contribution < 1.29 is 4.39 Å². The van der Waals surface area contributed by atoms with Crippen molar-refractivity contribution in [3.63, 3.8) is 0 Å². The Morgan fingerprint density at radius 2 is 2.05 bits per heavy atom. The highest BCUT2D eigenvalue weighted by molar-refractivity contribution is 5.37. The number of likely N-dealkylation sites (tertiary alicyclic amines) is 1. The van der Waals surface area contributed by atoms with Gasteiger partial charge in [-0.15, -0.1) is 0 Å². The van der Waals surface area contributed by atoms with Crippen LogP contribution in [0.25, 0.3) is 0 Å². The van der Waals surface area contributed by atoms with Gasteiger partial charge in [-0.3, -0.25) is 4.90 Å². The van der Waals surface area contributed by atoms with Gasteiger partial charge in [-0.2, -0.15) is 5.26 Å². The normalized spacial score (nSPS) is 17.4. The Morgan fingerprint density at radius 1 is 1.35 bits per heavy atom. The molecule has 0 saturated carbocycles. The first-order valence-electron chi connectivity index (χ1n) is 7.14. The highest BCUT2D eigenvalue weighted by Gasteiger charge is 2.20. The summed E-state index contributed by atoms with van der Waals surface area (Å²) < 4.78 is 13.3. The number of nitrogens with zero attached hydrogens (tertiary/aromatic N) is 3. The molecule has 0 radical (unpaired) electrons. The molecule has 2 rings (SSSR count). The number of rotatable bonds is 4. The predicted molar refractivity (Wildman–Crippen MR) is 77.7 cm³/mol. The molecule has 1 aromatic rings. The molecular weight excluding hydrogens is 253 g/mol. The second-order valence-electron chi connectivity index (χ2n) is 5.90. The van der Waals surface area contributed by atoms with Gasteiger partial charge in [0.2, 0.25) is 0 Å². The molecule has 3 nitrogen and oxygen atoms in total. The van der Waals surface area contributed by atoms with Crippen LogP contribution in [0.15, 0.2) is 18.2 Å². The third-order valence-corrected chi connectivity index (χ3v) is 3.91. The molecular formula is C16H22FN3. The summed E-state index contributed by atoms with van der Waals surface area (Å²) in [5.41, 5.74) is 1.39. The summed E-state index contributed by atoms with van der Waals surface area (Å²) in [5, 5.41) is 9.08. The molecule has 20 heavy (non-hydrogen) atoms. The van der Waals surface area contributed by atoms with E-state index in [4.69, 9.17) is 5.26 Å². The van der Waals surface area contributed by atoms with Gasteiger partial charge in [-0.05, 0) is 69.7 Å². The zero-order chi connectivity index (χ0) is 14.5. The fourth-order valence-electron chi connectivity index (χ4n) is 2.89. The van der Waals surface area contributed by atoms with Crippen LogP contribution in [-0.2, 0) is 6.54 Å². The number of nitriles is 1. The highest BCUT2D eigenvalue weighted by Crippen LogP contribution is 2.21. The number of hydrogen-bond acceptors (Lipinski definition) is 3. The maximum Gasteiger partial charge on any atom is 0.123 e. The van der Waals surface area contributed by atoms with Crippen molar-refractivity contribution >= 4 is 0 Å². The van der Waals surface area contributed by atoms with E-state index in [1.165, 1.54) is 25.0 Å². The maximum absolute atomic E-state index is 13.3. The molecule has 4 heteroatoms. The maximum atomic E-state index is 13.3. The van der Waals surface area contributed by atoms with Crippen molar-refractivity contribution in [1.29, 1.82) is 5.26 Å². The van der Waals surface area contributed by atoms with Crippen LogP contribution in [0.3, 0.4) is 0 Å². The second kappa shape index (κ2) is 6.83. The third-order valence-electron chi connectivity index (χ3n) is 3.91. The minimum atomic E-state index is -0.263. The molecule has 0 aliphatic carbocycles. The van der Waals surface area contributed by atoms with Gasteiger partial charge in [0.1, 0.15) is 5.82 Å². The monoisotopic (exact) mass is 275 g/mol. The molecule has 0 N–H and O–H groups in total. The quantitative estimate of drug-likeness (QED) is 0.845. The lowest BCUT2D eigenvalue weighted by atomic mass is 9.95. The molecule has 0 bridgehead atoms. The SMILES string of the molecule is CN(C)CC1CCN(Cc2cc(F)ccc2C#N)CC1. The number of hydrogen-bond donors (Lipinski definition) is 0. The van der Waals surface area contributed by atoms with Crippen LogP contribution in [0, 0.1) is 23.1 Å². The molecule has 1 aliphatic rings. The fourth-order valence-corrected chi connectivity index (χ4v) is 2.89. The Bertz CT molecular complexity index is 485. The van der Waals surface area contributed by atoms with E-state index in [-0.39, 0.29) is 5.82 Å². The Labute approximate surface area is 120 Å². The summed E-state index contributed by atoms with van der Waals surface area (Å²) in [7, 11) is 4.22. The minimum Gasteiger partial charge on any atom is -0.309 e. The Balaban J connectivity index is 1.93. The van der Waals surface area contributed by atoms with Crippen LogP contribution in [0.4, 0.5) is 4.39 Å². The summed E-state index contributed by atoms with van der Waals surface area (Å²) in [6.45, 7) is 3.87. The van der Waals surface area contributed by atoms with Crippen molar-refractivity contribution in [2.24, 2.45) is 5.92 Å². The number of benzene rings is 1. The molecule has 108 valence electrons. The van der Waals surface area contributed by atoms with Gasteiger partial charge in [-0.1, -0.05) is 0 Å². The van der Waals surface area contributed by atoms with Gasteiger partial charge in [0.25, 0.3) is 0 Å². The van der Waals surface area contributed by atoms with Gasteiger partial charge in [0.05, 0.1) is 11.6 Å². The van der Waals surface area contributed by atoms with E-state index >= 15 is 0 Å². The smallest absolute Gasteiger partial charge is 0.123 e. The first kappa shape index (κ1) is 15.0. The molecule has 1 aromatic carbocycles. The van der Waals surface area contributed by atoms with Gasteiger partial charge in [0.15, 0.2) is 0 Å². The van der Waals surface area contributed by atoms with Crippen LogP contribution in [0.1, 0.15) is 24.0 Å². The van der Waals surface area contributed by atoms with Crippen molar-refractivity contribution in [3.05, 3.63) is 35.1 Å². The van der Waals surface area contributed by atoms with E-state index in [1.54, 1.807) is 6.07 Å². The average molecular weight is 275 g/mol. The zero-order valence-electron chi connectivity index (χ0n) is 12.3. The molecule has 1 saturated heterocycles. The topological polar surface area (TPSA) is 30.3 Å². The van der Waals surface area contributed by atoms with E-state index in [1.807, 2.05) is 0 Å². The van der Waals surface area contributed by atoms with E-state index in [0.29, 0.717) is 12.1 Å². The molecule has 0 unspecified atom stereocenters. The van der Waals surface area contributed by atoms with Gasteiger partial charge >= 0.3 is 0 Å². The Hall–Kier alpha value is -1.44. The number of piperidine rings is 1. The van der Waals surface area contributed by atoms with Crippen LogP contribution in [-0.4, -0.2) is 43.5 Å². The molecule has 1 heterocycles. The van der Waals surface area contributed by atoms with Crippen LogP contribution < -0.4 is 0 Å². The molecule has 0 aromatic heterocycles. The summed E-state index contributed by atoms with van der Waals surface area (Å²) in [4.78, 5) is 4.56. The Morgan fingerprint density at radius 3 is 2.65 bits per heavy atom. The lowest BCUT2D eigenvalue weighted by Crippen LogP contribution is -2.36. The minimum absolute atomic E-state index is 0.263. The van der Waals surface area contributed by atoms with Crippen LogP contribution in [0.2, 0.25) is 0 Å². The van der Waals surface area contributed by atoms with Crippen molar-refractivity contribution in [3.8, 4) is 6.07 Å². The van der Waals surface area contributed by atoms with E-state index in [9.17, 15) is 4.39 Å². The predicted octanol–water partition coefficient (Wildman–Crippen LogP) is 2.47. The van der Waals surface area contributed by atoms with Gasteiger partial charge in [-0.25, -0.2) is 4.39 Å². The van der Waals surface area contributed by atoms with Crippen LogP contribution >= 0.6 is 0 Å². The average Bonchev–Trinajstić information content (AvgIpc) is 2.41. The van der Waals surface area contributed by atoms with Crippen molar-refractivity contribution in [1.82, 2.24) is 9.80 Å². The second-order valence-corrected chi connectivity index (χ2v) is 5.90. The van der Waals surface area contributed by atoms with Crippen LogP contribution in [0.5, 0.6) is 0 Å². The summed E-state index contributed by atoms with van der Waals surface area (Å²) >= 11 is 0. The van der Waals surface area contributed by atoms with E-state index < -0.39 is 0 Å². The molecule has 0 atom stereocenters. The molecule has 1 aliphatic heterocycles. The molecule has 0 amide bonds. The largest absolute Gasteiger partial charge is 0.309 e. The summed E-state index contributed by atoms with van der Waals surface area (Å²) in [5.74, 6) is 0.491. The third kappa shape index (κ3) is 4.03. The lowest BCUT2D eigenvalue weighted by molar-refractivity contribution is 0.156. The number of halogens is 1. The standard InChI is InChI=1S/C16H22FN3/c1-19(2)11-13-5-7-20(8-6-13)12-15-9-16(17)4-3-14(15)10-18/h3-4,9,13H,5-8,11-12H2,1-2H3. The highest BCUT2D eigenvalue weighted by atomic mass is 19.1. The fraction of sp³-hybridized carbons (Fsp3) is 0.562. The summed E-state index contributed by atoms with van der Waals surface area (Å²) in [6, 6.07) is 6.56. The van der Waals surface area contributed by atoms with E-state index in [0.717, 1.165) is 31.1 Å². The Kier molecular flexibility index (Phi) is 5.11.